The molecule has 0 unspecified atom stereocenters. The van der Waals surface area contributed by atoms with E-state index in [4.69, 9.17) is 10.5 Å². The Hall–Kier alpha value is -1.29. The molecule has 0 aromatic heterocycles. The van der Waals surface area contributed by atoms with E-state index in [9.17, 15) is 4.39 Å². The summed E-state index contributed by atoms with van der Waals surface area (Å²) in [6.45, 7) is 1.51. The molecule has 88 valence electrons. The monoisotopic (exact) mass is 224 g/mol. The summed E-state index contributed by atoms with van der Waals surface area (Å²) in [6, 6.07) is 4.89. The summed E-state index contributed by atoms with van der Waals surface area (Å²) in [5.41, 5.74) is 6.70. The Balaban J connectivity index is 1.97. The molecule has 16 heavy (non-hydrogen) atoms. The SMILES string of the molecule is COc1ccc(NCC2(CN)CC2)cc1F. The lowest BCUT2D eigenvalue weighted by atomic mass is 10.1. The number of anilines is 1. The van der Waals surface area contributed by atoms with Crippen LogP contribution in [0, 0.1) is 11.2 Å². The maximum atomic E-state index is 13.4. The third kappa shape index (κ3) is 2.27. The van der Waals surface area contributed by atoms with Crippen molar-refractivity contribution in [2.45, 2.75) is 12.8 Å². The number of hydrogen-bond donors (Lipinski definition) is 2. The van der Waals surface area contributed by atoms with Crippen LogP contribution >= 0.6 is 0 Å². The van der Waals surface area contributed by atoms with E-state index in [1.807, 2.05) is 6.07 Å². The molecule has 0 atom stereocenters. The van der Waals surface area contributed by atoms with Crippen LogP contribution in [0.4, 0.5) is 10.1 Å². The Morgan fingerprint density at radius 2 is 2.25 bits per heavy atom. The molecule has 2 rings (SSSR count). The molecule has 0 radical (unpaired) electrons. The fraction of sp³-hybridized carbons (Fsp3) is 0.500. The molecule has 0 heterocycles. The van der Waals surface area contributed by atoms with Crippen molar-refractivity contribution < 1.29 is 9.13 Å². The van der Waals surface area contributed by atoms with Crippen LogP contribution in [-0.4, -0.2) is 20.2 Å². The molecular formula is C12H17FN2O. The highest BCUT2D eigenvalue weighted by atomic mass is 19.1. The van der Waals surface area contributed by atoms with Crippen molar-refractivity contribution in [1.29, 1.82) is 0 Å². The summed E-state index contributed by atoms with van der Waals surface area (Å²) >= 11 is 0. The van der Waals surface area contributed by atoms with Crippen molar-refractivity contribution in [1.82, 2.24) is 0 Å². The molecule has 1 aromatic carbocycles. The number of methoxy groups -OCH3 is 1. The average Bonchev–Trinajstić information content (AvgIpc) is 3.07. The summed E-state index contributed by atoms with van der Waals surface area (Å²) in [5, 5.41) is 3.21. The first-order valence-electron chi connectivity index (χ1n) is 5.47. The zero-order valence-electron chi connectivity index (χ0n) is 9.42. The molecule has 3 nitrogen and oxygen atoms in total. The van der Waals surface area contributed by atoms with E-state index in [0.29, 0.717) is 6.54 Å². The standard InChI is InChI=1S/C12H17FN2O/c1-16-11-3-2-9(6-10(11)13)15-8-12(7-14)4-5-12/h2-3,6,15H,4-5,7-8,14H2,1H3. The summed E-state index contributed by atoms with van der Waals surface area (Å²) in [5.74, 6) is -0.0735. The van der Waals surface area contributed by atoms with Gasteiger partial charge in [-0.25, -0.2) is 4.39 Å². The number of benzene rings is 1. The van der Waals surface area contributed by atoms with Crippen LogP contribution in [0.15, 0.2) is 18.2 Å². The van der Waals surface area contributed by atoms with Crippen LogP contribution in [0.1, 0.15) is 12.8 Å². The van der Waals surface area contributed by atoms with E-state index in [1.54, 1.807) is 6.07 Å². The first-order valence-corrected chi connectivity index (χ1v) is 5.47. The third-order valence-electron chi connectivity index (χ3n) is 3.21. The second-order valence-corrected chi connectivity index (χ2v) is 4.41. The average molecular weight is 224 g/mol. The second-order valence-electron chi connectivity index (χ2n) is 4.41. The lowest BCUT2D eigenvalue weighted by molar-refractivity contribution is 0.386. The predicted molar refractivity (Wildman–Crippen MR) is 62.2 cm³/mol. The number of halogens is 1. The largest absolute Gasteiger partial charge is 0.494 e. The van der Waals surface area contributed by atoms with Gasteiger partial charge in [-0.05, 0) is 36.9 Å². The summed E-state index contributed by atoms with van der Waals surface area (Å²) in [4.78, 5) is 0. The quantitative estimate of drug-likeness (QED) is 0.804. The van der Waals surface area contributed by atoms with Gasteiger partial charge in [0.1, 0.15) is 0 Å². The minimum absolute atomic E-state index is 0.246. The van der Waals surface area contributed by atoms with Gasteiger partial charge in [-0.3, -0.25) is 0 Å². The van der Waals surface area contributed by atoms with Gasteiger partial charge in [-0.2, -0.15) is 0 Å². The second kappa shape index (κ2) is 4.29. The molecule has 1 saturated carbocycles. The smallest absolute Gasteiger partial charge is 0.167 e. The molecule has 1 fully saturated rings. The van der Waals surface area contributed by atoms with Crippen molar-refractivity contribution in [2.24, 2.45) is 11.1 Å². The summed E-state index contributed by atoms with van der Waals surface area (Å²) in [6.07, 6.45) is 2.32. The highest BCUT2D eigenvalue weighted by molar-refractivity contribution is 5.47. The minimum Gasteiger partial charge on any atom is -0.494 e. The van der Waals surface area contributed by atoms with Crippen LogP contribution < -0.4 is 15.8 Å². The molecule has 1 aliphatic rings. The molecule has 0 bridgehead atoms. The fourth-order valence-electron chi connectivity index (χ4n) is 1.70. The first kappa shape index (κ1) is 11.2. The van der Waals surface area contributed by atoms with Crippen LogP contribution in [0.5, 0.6) is 5.75 Å². The molecule has 4 heteroatoms. The zero-order valence-corrected chi connectivity index (χ0v) is 9.42. The van der Waals surface area contributed by atoms with Crippen molar-refractivity contribution in [2.75, 3.05) is 25.5 Å². The minimum atomic E-state index is -0.343. The van der Waals surface area contributed by atoms with Gasteiger partial charge in [0.05, 0.1) is 7.11 Å². The van der Waals surface area contributed by atoms with Crippen LogP contribution in [0.3, 0.4) is 0 Å². The van der Waals surface area contributed by atoms with E-state index >= 15 is 0 Å². The van der Waals surface area contributed by atoms with Crippen molar-refractivity contribution in [3.8, 4) is 5.75 Å². The van der Waals surface area contributed by atoms with Crippen molar-refractivity contribution >= 4 is 5.69 Å². The van der Waals surface area contributed by atoms with E-state index in [1.165, 1.54) is 13.2 Å². The number of ether oxygens (including phenoxy) is 1. The lowest BCUT2D eigenvalue weighted by Gasteiger charge is -2.14. The van der Waals surface area contributed by atoms with E-state index in [-0.39, 0.29) is 17.0 Å². The van der Waals surface area contributed by atoms with Crippen molar-refractivity contribution in [3.63, 3.8) is 0 Å². The molecule has 0 aliphatic heterocycles. The number of rotatable bonds is 5. The van der Waals surface area contributed by atoms with Gasteiger partial charge in [-0.15, -0.1) is 0 Å². The number of hydrogen-bond acceptors (Lipinski definition) is 3. The Bertz CT molecular complexity index is 377. The summed E-state index contributed by atoms with van der Waals surface area (Å²) in [7, 11) is 1.46. The van der Waals surface area contributed by atoms with Crippen LogP contribution in [-0.2, 0) is 0 Å². The van der Waals surface area contributed by atoms with Gasteiger partial charge in [0.2, 0.25) is 0 Å². The molecule has 0 amide bonds. The maximum absolute atomic E-state index is 13.4. The normalized spacial score (nSPS) is 16.9. The number of nitrogens with one attached hydrogen (secondary N) is 1. The fourth-order valence-corrected chi connectivity index (χ4v) is 1.70. The van der Waals surface area contributed by atoms with Gasteiger partial charge in [0.25, 0.3) is 0 Å². The Kier molecular flexibility index (Phi) is 3.01. The van der Waals surface area contributed by atoms with Crippen molar-refractivity contribution in [3.05, 3.63) is 24.0 Å². The maximum Gasteiger partial charge on any atom is 0.167 e. The van der Waals surface area contributed by atoms with Gasteiger partial charge in [-0.1, -0.05) is 0 Å². The van der Waals surface area contributed by atoms with Gasteiger partial charge >= 0.3 is 0 Å². The Labute approximate surface area is 94.8 Å². The van der Waals surface area contributed by atoms with E-state index < -0.39 is 0 Å². The van der Waals surface area contributed by atoms with Gasteiger partial charge < -0.3 is 15.8 Å². The zero-order chi connectivity index (χ0) is 11.6. The molecule has 1 aromatic rings. The number of nitrogens with two attached hydrogens (primary N) is 1. The molecule has 3 N–H and O–H groups in total. The highest BCUT2D eigenvalue weighted by Crippen LogP contribution is 2.44. The highest BCUT2D eigenvalue weighted by Gasteiger charge is 2.40. The first-order chi connectivity index (χ1) is 7.69. The molecule has 1 aliphatic carbocycles. The van der Waals surface area contributed by atoms with E-state index in [0.717, 1.165) is 25.1 Å². The Morgan fingerprint density at radius 1 is 1.50 bits per heavy atom. The van der Waals surface area contributed by atoms with E-state index in [2.05, 4.69) is 5.32 Å². The van der Waals surface area contributed by atoms with Gasteiger partial charge in [0, 0.05) is 18.3 Å². The third-order valence-corrected chi connectivity index (χ3v) is 3.21. The molecule has 0 saturated heterocycles. The Morgan fingerprint density at radius 3 is 2.75 bits per heavy atom. The topological polar surface area (TPSA) is 47.3 Å². The molecule has 0 spiro atoms. The lowest BCUT2D eigenvalue weighted by Crippen LogP contribution is -2.24. The molecular weight excluding hydrogens is 207 g/mol. The van der Waals surface area contributed by atoms with Crippen LogP contribution in [0.2, 0.25) is 0 Å². The summed E-state index contributed by atoms with van der Waals surface area (Å²) < 4.78 is 18.2. The van der Waals surface area contributed by atoms with Crippen LogP contribution in [0.25, 0.3) is 0 Å². The predicted octanol–water partition coefficient (Wildman–Crippen LogP) is 1.99. The van der Waals surface area contributed by atoms with Gasteiger partial charge in [0.15, 0.2) is 11.6 Å².